The van der Waals surface area contributed by atoms with Crippen LogP contribution in [0.4, 0.5) is 0 Å². The third-order valence-corrected chi connectivity index (χ3v) is 9.33. The van der Waals surface area contributed by atoms with Crippen molar-refractivity contribution < 1.29 is 24.5 Å². The zero-order valence-corrected chi connectivity index (χ0v) is 26.7. The van der Waals surface area contributed by atoms with Crippen LogP contribution in [0.1, 0.15) is 29.9 Å². The van der Waals surface area contributed by atoms with Crippen LogP contribution in [0.25, 0.3) is 44.5 Å². The Balaban J connectivity index is 0.000000195. The van der Waals surface area contributed by atoms with E-state index in [2.05, 4.69) is 79.2 Å². The molecule has 203 valence electrons. The third-order valence-electron chi connectivity index (χ3n) is 7.29. The predicted molar refractivity (Wildman–Crippen MR) is 164 cm³/mol. The molecule has 0 spiro atoms. The minimum absolute atomic E-state index is 0. The monoisotopic (exact) mass is 717 g/mol. The molecule has 0 unspecified atom stereocenters. The van der Waals surface area contributed by atoms with E-state index >= 15 is 0 Å². The molecule has 7 rings (SSSR count). The van der Waals surface area contributed by atoms with Crippen molar-refractivity contribution in [3.8, 4) is 22.5 Å². The zero-order valence-electron chi connectivity index (χ0n) is 23.3. The van der Waals surface area contributed by atoms with E-state index < -0.39 is 8.07 Å². The SMILES string of the molecule is C[Si](C)(C)c1ccc2c(c1)oc1c(-c3ccc(C4CC4)cn3)[c-]ccc12.Cc1ccc(-c2[c-]cccc2)nc1.[Ir]. The van der Waals surface area contributed by atoms with Crippen molar-refractivity contribution in [1.29, 1.82) is 0 Å². The summed E-state index contributed by atoms with van der Waals surface area (Å²) in [7, 11) is -1.37. The largest absolute Gasteiger partial charge is 0.501 e. The fourth-order valence-corrected chi connectivity index (χ4v) is 5.94. The number of hydrogen-bond acceptors (Lipinski definition) is 3. The first kappa shape index (κ1) is 28.2. The van der Waals surface area contributed by atoms with Crippen molar-refractivity contribution in [3.63, 3.8) is 0 Å². The summed E-state index contributed by atoms with van der Waals surface area (Å²) in [4.78, 5) is 9.02. The van der Waals surface area contributed by atoms with Gasteiger partial charge in [-0.2, -0.15) is 0 Å². The summed E-state index contributed by atoms with van der Waals surface area (Å²) in [5, 5.41) is 3.73. The molecule has 3 heterocycles. The first-order chi connectivity index (χ1) is 18.9. The third kappa shape index (κ3) is 6.02. The van der Waals surface area contributed by atoms with Gasteiger partial charge in [-0.25, -0.2) is 0 Å². The number of nitrogens with zero attached hydrogens (tertiary/aromatic N) is 2. The number of aromatic nitrogens is 2. The molecular weight excluding hydrogens is 685 g/mol. The molecule has 1 radical (unpaired) electrons. The second-order valence-electron chi connectivity index (χ2n) is 11.4. The molecule has 0 N–H and O–H groups in total. The van der Waals surface area contributed by atoms with Crippen LogP contribution in [0.2, 0.25) is 19.6 Å². The summed E-state index contributed by atoms with van der Waals surface area (Å²) in [6.45, 7) is 9.12. The van der Waals surface area contributed by atoms with Gasteiger partial charge in [0.1, 0.15) is 5.58 Å². The van der Waals surface area contributed by atoms with E-state index in [1.54, 1.807) is 0 Å². The molecule has 0 atom stereocenters. The van der Waals surface area contributed by atoms with Gasteiger partial charge in [0, 0.05) is 37.9 Å². The Kier molecular flexibility index (Phi) is 8.18. The van der Waals surface area contributed by atoms with E-state index in [0.717, 1.165) is 45.0 Å². The number of furan rings is 1. The summed E-state index contributed by atoms with van der Waals surface area (Å²) >= 11 is 0. The number of benzene rings is 3. The molecule has 1 aliphatic carbocycles. The van der Waals surface area contributed by atoms with Crippen LogP contribution in [0.5, 0.6) is 0 Å². The van der Waals surface area contributed by atoms with Gasteiger partial charge < -0.3 is 14.4 Å². The summed E-state index contributed by atoms with van der Waals surface area (Å²) < 4.78 is 6.31. The van der Waals surface area contributed by atoms with Gasteiger partial charge in [0.15, 0.2) is 0 Å². The van der Waals surface area contributed by atoms with E-state index in [1.165, 1.54) is 34.5 Å². The summed E-state index contributed by atoms with van der Waals surface area (Å²) in [5.74, 6) is 0.725. The minimum atomic E-state index is -1.37. The Labute approximate surface area is 251 Å². The summed E-state index contributed by atoms with van der Waals surface area (Å²) in [6, 6.07) is 33.5. The van der Waals surface area contributed by atoms with Crippen molar-refractivity contribution in [3.05, 3.63) is 115 Å². The molecule has 3 nitrogen and oxygen atoms in total. The number of hydrogen-bond donors (Lipinski definition) is 0. The smallest absolute Gasteiger partial charge is 0.120 e. The number of aryl methyl sites for hydroxylation is 1. The molecule has 0 amide bonds. The maximum Gasteiger partial charge on any atom is 0.120 e. The van der Waals surface area contributed by atoms with Gasteiger partial charge in [-0.05, 0) is 54.3 Å². The van der Waals surface area contributed by atoms with Crippen LogP contribution in [0, 0.1) is 19.1 Å². The maximum atomic E-state index is 6.31. The summed E-state index contributed by atoms with van der Waals surface area (Å²) in [5.41, 5.74) is 8.30. The molecular formula is C35H32IrN2OSi-2. The average molecular weight is 717 g/mol. The van der Waals surface area contributed by atoms with Gasteiger partial charge in [0.05, 0.1) is 13.7 Å². The average Bonchev–Trinajstić information content (AvgIpc) is 3.74. The molecule has 40 heavy (non-hydrogen) atoms. The van der Waals surface area contributed by atoms with Crippen LogP contribution in [0.3, 0.4) is 0 Å². The second kappa shape index (κ2) is 11.6. The quantitative estimate of drug-likeness (QED) is 0.135. The molecule has 1 fully saturated rings. The van der Waals surface area contributed by atoms with Crippen molar-refractivity contribution in [1.82, 2.24) is 9.97 Å². The van der Waals surface area contributed by atoms with Crippen LogP contribution >= 0.6 is 0 Å². The molecule has 6 aromatic rings. The Hall–Kier alpha value is -3.37. The maximum absolute atomic E-state index is 6.31. The van der Waals surface area contributed by atoms with Crippen molar-refractivity contribution in [2.45, 2.75) is 45.3 Å². The van der Waals surface area contributed by atoms with Gasteiger partial charge >= 0.3 is 0 Å². The van der Waals surface area contributed by atoms with Gasteiger partial charge in [-0.15, -0.1) is 54.1 Å². The fourth-order valence-electron chi connectivity index (χ4n) is 4.79. The predicted octanol–water partition coefficient (Wildman–Crippen LogP) is 8.73. The number of fused-ring (bicyclic) bond motifs is 3. The van der Waals surface area contributed by atoms with E-state index in [0.29, 0.717) is 0 Å². The first-order valence-corrected chi connectivity index (χ1v) is 17.1. The fraction of sp³-hybridized carbons (Fsp3) is 0.200. The molecule has 3 aromatic carbocycles. The van der Waals surface area contributed by atoms with Crippen molar-refractivity contribution in [2.75, 3.05) is 0 Å². The minimum Gasteiger partial charge on any atom is -0.501 e. The van der Waals surface area contributed by atoms with Crippen LogP contribution in [0.15, 0.2) is 95.7 Å². The first-order valence-electron chi connectivity index (χ1n) is 13.6. The van der Waals surface area contributed by atoms with Crippen molar-refractivity contribution >= 4 is 35.2 Å². The van der Waals surface area contributed by atoms with Crippen LogP contribution < -0.4 is 5.19 Å². The normalized spacial score (nSPS) is 13.0. The summed E-state index contributed by atoms with van der Waals surface area (Å²) in [6.07, 6.45) is 6.49. The molecule has 3 aromatic heterocycles. The number of rotatable bonds is 4. The Morgan fingerprint density at radius 1 is 0.800 bits per heavy atom. The molecule has 0 aliphatic heterocycles. The molecule has 5 heteroatoms. The Morgan fingerprint density at radius 3 is 2.25 bits per heavy atom. The van der Waals surface area contributed by atoms with E-state index in [-0.39, 0.29) is 20.1 Å². The van der Waals surface area contributed by atoms with Gasteiger partial charge in [0.2, 0.25) is 0 Å². The van der Waals surface area contributed by atoms with E-state index in [1.807, 2.05) is 55.7 Å². The van der Waals surface area contributed by atoms with Crippen LogP contribution in [-0.4, -0.2) is 18.0 Å². The van der Waals surface area contributed by atoms with Gasteiger partial charge in [-0.1, -0.05) is 72.2 Å². The van der Waals surface area contributed by atoms with Gasteiger partial charge in [-0.3, -0.25) is 0 Å². The van der Waals surface area contributed by atoms with Crippen LogP contribution in [-0.2, 0) is 20.1 Å². The molecule has 0 bridgehead atoms. The van der Waals surface area contributed by atoms with Gasteiger partial charge in [0.25, 0.3) is 0 Å². The molecule has 1 aliphatic rings. The Morgan fingerprint density at radius 2 is 1.60 bits per heavy atom. The number of pyridine rings is 2. The molecule has 1 saturated carbocycles. The topological polar surface area (TPSA) is 38.9 Å². The Bertz CT molecular complexity index is 1730. The zero-order chi connectivity index (χ0) is 27.0. The van der Waals surface area contributed by atoms with E-state index in [9.17, 15) is 0 Å². The van der Waals surface area contributed by atoms with Crippen molar-refractivity contribution in [2.24, 2.45) is 0 Å². The second-order valence-corrected chi connectivity index (χ2v) is 16.5. The standard InChI is InChI=1S/C23H22NOSi.C12H10N.Ir/c1-26(2,3)17-10-11-18-19-5-4-6-20(23(19)25-22(18)13-17)21-12-9-16(14-24-21)15-7-8-15;1-10-7-8-12(13-9-10)11-5-3-2-4-6-11;/h4-5,9-15H,7-8H2,1-3H3;2-5,7-9H,1H3;/q2*-1;. The molecule has 0 saturated heterocycles. The van der Waals surface area contributed by atoms with E-state index in [4.69, 9.17) is 9.40 Å².